The molecular formula is C20H19N3O6S. The molecule has 1 aliphatic heterocycles. The van der Waals surface area contributed by atoms with E-state index in [9.17, 15) is 18.0 Å². The highest BCUT2D eigenvalue weighted by atomic mass is 32.2. The number of amides is 1. The molecule has 156 valence electrons. The van der Waals surface area contributed by atoms with E-state index < -0.39 is 22.1 Å². The summed E-state index contributed by atoms with van der Waals surface area (Å²) in [6.07, 6.45) is 1.35. The molecule has 0 fully saturated rings. The molecule has 3 rings (SSSR count). The maximum absolute atomic E-state index is 12.9. The SMILES string of the molecule is COC(=O)c1ccccc1NC(=O)C1=CC(c2cccc(OC)c2)=NS(=O)(=O)N1C. The average molecular weight is 429 g/mol. The van der Waals surface area contributed by atoms with Crippen LogP contribution >= 0.6 is 0 Å². The number of para-hydroxylation sites is 1. The summed E-state index contributed by atoms with van der Waals surface area (Å²) in [5.74, 6) is -0.853. The van der Waals surface area contributed by atoms with E-state index in [1.165, 1.54) is 39.5 Å². The highest BCUT2D eigenvalue weighted by Crippen LogP contribution is 2.24. The first-order chi connectivity index (χ1) is 14.3. The third kappa shape index (κ3) is 4.18. The van der Waals surface area contributed by atoms with Crippen molar-refractivity contribution in [1.82, 2.24) is 4.31 Å². The second-order valence-electron chi connectivity index (χ2n) is 6.17. The second kappa shape index (κ2) is 8.37. The second-order valence-corrected chi connectivity index (χ2v) is 7.80. The standard InChI is InChI=1S/C20H19N3O6S/c1-23-18(19(24)21-16-10-5-4-9-15(16)20(25)29-3)12-17(22-30(23,26)27)13-7-6-8-14(11-13)28-2/h4-12H,1-3H3,(H,21,24). The molecule has 0 saturated heterocycles. The van der Waals surface area contributed by atoms with Crippen LogP contribution in [0.2, 0.25) is 0 Å². The van der Waals surface area contributed by atoms with Gasteiger partial charge in [0.05, 0.1) is 31.2 Å². The van der Waals surface area contributed by atoms with Crippen LogP contribution in [0, 0.1) is 0 Å². The number of rotatable bonds is 5. The first-order valence-electron chi connectivity index (χ1n) is 8.70. The molecule has 9 nitrogen and oxygen atoms in total. The Morgan fingerprint density at radius 2 is 1.80 bits per heavy atom. The van der Waals surface area contributed by atoms with Crippen LogP contribution in [0.15, 0.2) is 64.7 Å². The number of esters is 1. The predicted octanol–water partition coefficient (Wildman–Crippen LogP) is 1.98. The maximum Gasteiger partial charge on any atom is 0.345 e. The molecular weight excluding hydrogens is 410 g/mol. The Kier molecular flexibility index (Phi) is 5.88. The number of anilines is 1. The van der Waals surface area contributed by atoms with E-state index in [1.54, 1.807) is 36.4 Å². The normalized spacial score (nSPS) is 15.0. The molecule has 1 heterocycles. The number of allylic oxidation sites excluding steroid dienone is 1. The monoisotopic (exact) mass is 429 g/mol. The van der Waals surface area contributed by atoms with Gasteiger partial charge >= 0.3 is 16.2 Å². The summed E-state index contributed by atoms with van der Waals surface area (Å²) in [6.45, 7) is 0. The van der Waals surface area contributed by atoms with E-state index in [-0.39, 0.29) is 22.7 Å². The molecule has 2 aromatic rings. The molecule has 0 aromatic heterocycles. The van der Waals surface area contributed by atoms with Gasteiger partial charge in [-0.3, -0.25) is 4.79 Å². The molecule has 0 unspecified atom stereocenters. The van der Waals surface area contributed by atoms with Crippen molar-refractivity contribution in [2.45, 2.75) is 0 Å². The fraction of sp³-hybridized carbons (Fsp3) is 0.150. The van der Waals surface area contributed by atoms with Crippen molar-refractivity contribution in [2.75, 3.05) is 26.6 Å². The van der Waals surface area contributed by atoms with Crippen molar-refractivity contribution in [3.05, 3.63) is 71.4 Å². The van der Waals surface area contributed by atoms with Gasteiger partial charge in [-0.1, -0.05) is 24.3 Å². The topological polar surface area (TPSA) is 114 Å². The Labute approximate surface area is 173 Å². The van der Waals surface area contributed by atoms with Crippen molar-refractivity contribution < 1.29 is 27.5 Å². The number of ether oxygens (including phenoxy) is 2. The molecule has 1 amide bonds. The van der Waals surface area contributed by atoms with E-state index >= 15 is 0 Å². The Hall–Kier alpha value is -3.66. The smallest absolute Gasteiger partial charge is 0.345 e. The van der Waals surface area contributed by atoms with Crippen molar-refractivity contribution >= 4 is 33.5 Å². The van der Waals surface area contributed by atoms with Crippen LogP contribution in [-0.2, 0) is 19.7 Å². The number of carbonyl (C=O) groups is 2. The number of likely N-dealkylation sites (N-methyl/N-ethyl adjacent to an activating group) is 1. The summed E-state index contributed by atoms with van der Waals surface area (Å²) in [6, 6.07) is 12.9. The van der Waals surface area contributed by atoms with E-state index in [0.29, 0.717) is 11.3 Å². The Morgan fingerprint density at radius 1 is 1.07 bits per heavy atom. The van der Waals surface area contributed by atoms with Gasteiger partial charge in [-0.2, -0.15) is 8.42 Å². The minimum Gasteiger partial charge on any atom is -0.497 e. The van der Waals surface area contributed by atoms with Gasteiger partial charge in [-0.05, 0) is 30.3 Å². The van der Waals surface area contributed by atoms with Gasteiger partial charge in [0.1, 0.15) is 11.4 Å². The van der Waals surface area contributed by atoms with E-state index in [0.717, 1.165) is 4.31 Å². The van der Waals surface area contributed by atoms with E-state index in [4.69, 9.17) is 9.47 Å². The molecule has 0 radical (unpaired) electrons. The lowest BCUT2D eigenvalue weighted by atomic mass is 10.1. The van der Waals surface area contributed by atoms with Gasteiger partial charge in [0.2, 0.25) is 0 Å². The zero-order chi connectivity index (χ0) is 21.9. The summed E-state index contributed by atoms with van der Waals surface area (Å²) in [5.41, 5.74) is 0.704. The lowest BCUT2D eigenvalue weighted by Gasteiger charge is -2.24. The lowest BCUT2D eigenvalue weighted by Crippen LogP contribution is -2.35. The number of nitrogens with zero attached hydrogens (tertiary/aromatic N) is 2. The average Bonchev–Trinajstić information content (AvgIpc) is 2.75. The Balaban J connectivity index is 2.00. The summed E-state index contributed by atoms with van der Waals surface area (Å²) in [5, 5.41) is 2.56. The molecule has 30 heavy (non-hydrogen) atoms. The minimum atomic E-state index is -4.14. The van der Waals surface area contributed by atoms with E-state index in [2.05, 4.69) is 9.71 Å². The van der Waals surface area contributed by atoms with Crippen LogP contribution in [0.25, 0.3) is 0 Å². The van der Waals surface area contributed by atoms with Crippen molar-refractivity contribution in [3.63, 3.8) is 0 Å². The molecule has 0 bridgehead atoms. The molecule has 0 atom stereocenters. The summed E-state index contributed by atoms with van der Waals surface area (Å²) < 4.78 is 39.5. The molecule has 1 N–H and O–H groups in total. The molecule has 0 aliphatic carbocycles. The zero-order valence-electron chi connectivity index (χ0n) is 16.4. The number of benzene rings is 2. The molecule has 0 spiro atoms. The summed E-state index contributed by atoms with van der Waals surface area (Å²) in [7, 11) is -0.205. The lowest BCUT2D eigenvalue weighted by molar-refractivity contribution is -0.113. The summed E-state index contributed by atoms with van der Waals surface area (Å²) in [4.78, 5) is 24.8. The Morgan fingerprint density at radius 3 is 2.50 bits per heavy atom. The quantitative estimate of drug-likeness (QED) is 0.727. The maximum atomic E-state index is 12.9. The first kappa shape index (κ1) is 21.1. The highest BCUT2D eigenvalue weighted by Gasteiger charge is 2.30. The molecule has 0 saturated carbocycles. The molecule has 10 heteroatoms. The van der Waals surface area contributed by atoms with Gasteiger partial charge < -0.3 is 14.8 Å². The van der Waals surface area contributed by atoms with Gasteiger partial charge in [0, 0.05) is 12.6 Å². The van der Waals surface area contributed by atoms with Crippen molar-refractivity contribution in [2.24, 2.45) is 4.40 Å². The predicted molar refractivity (Wildman–Crippen MR) is 111 cm³/mol. The molecule has 2 aromatic carbocycles. The fourth-order valence-electron chi connectivity index (χ4n) is 2.75. The van der Waals surface area contributed by atoms with Crippen LogP contribution in [0.1, 0.15) is 15.9 Å². The largest absolute Gasteiger partial charge is 0.497 e. The van der Waals surface area contributed by atoms with Gasteiger partial charge in [-0.15, -0.1) is 4.40 Å². The number of nitrogens with one attached hydrogen (secondary N) is 1. The van der Waals surface area contributed by atoms with Crippen LogP contribution < -0.4 is 10.1 Å². The van der Waals surface area contributed by atoms with Gasteiger partial charge in [-0.25, -0.2) is 9.10 Å². The number of hydrogen-bond acceptors (Lipinski definition) is 6. The third-order valence-electron chi connectivity index (χ3n) is 4.35. The number of carbonyl (C=O) groups excluding carboxylic acids is 2. The third-order valence-corrected chi connectivity index (χ3v) is 5.67. The number of methoxy groups -OCH3 is 2. The van der Waals surface area contributed by atoms with Crippen LogP contribution in [0.4, 0.5) is 5.69 Å². The zero-order valence-corrected chi connectivity index (χ0v) is 17.3. The first-order valence-corrected chi connectivity index (χ1v) is 10.1. The van der Waals surface area contributed by atoms with Crippen LogP contribution in [0.5, 0.6) is 5.75 Å². The number of hydrogen-bond donors (Lipinski definition) is 1. The van der Waals surface area contributed by atoms with Gasteiger partial charge in [0.15, 0.2) is 0 Å². The van der Waals surface area contributed by atoms with Crippen molar-refractivity contribution in [1.29, 1.82) is 0 Å². The van der Waals surface area contributed by atoms with Crippen molar-refractivity contribution in [3.8, 4) is 5.75 Å². The minimum absolute atomic E-state index is 0.0819. The van der Waals surface area contributed by atoms with Crippen LogP contribution in [-0.4, -0.2) is 51.6 Å². The van der Waals surface area contributed by atoms with Gasteiger partial charge in [0.25, 0.3) is 5.91 Å². The molecule has 1 aliphatic rings. The fourth-order valence-corrected chi connectivity index (χ4v) is 3.66. The van der Waals surface area contributed by atoms with Crippen LogP contribution in [0.3, 0.4) is 0 Å². The highest BCUT2D eigenvalue weighted by molar-refractivity contribution is 7.88. The summed E-state index contributed by atoms with van der Waals surface area (Å²) >= 11 is 0. The van der Waals surface area contributed by atoms with E-state index in [1.807, 2.05) is 0 Å². The Bertz CT molecular complexity index is 1170.